The van der Waals surface area contributed by atoms with Crippen molar-refractivity contribution >= 4 is 23.4 Å². The summed E-state index contributed by atoms with van der Waals surface area (Å²) in [6.07, 6.45) is 4.16. The van der Waals surface area contributed by atoms with Crippen molar-refractivity contribution in [2.45, 2.75) is 25.4 Å². The molecule has 1 atom stereocenters. The Morgan fingerprint density at radius 1 is 1.23 bits per heavy atom. The summed E-state index contributed by atoms with van der Waals surface area (Å²) < 4.78 is 10.8. The molecule has 7 nitrogen and oxygen atoms in total. The van der Waals surface area contributed by atoms with E-state index in [1.165, 1.54) is 0 Å². The van der Waals surface area contributed by atoms with Gasteiger partial charge in [-0.15, -0.1) is 0 Å². The Morgan fingerprint density at radius 2 is 2.07 bits per heavy atom. The topological polar surface area (TPSA) is 54.0 Å². The number of benzene rings is 1. The Kier molecular flexibility index (Phi) is 6.92. The lowest BCUT2D eigenvalue weighted by atomic mass is 10.0. The van der Waals surface area contributed by atoms with Crippen LogP contribution in [0, 0.1) is 0 Å². The number of hydrogen-bond donors (Lipinski definition) is 0. The molecule has 2 aliphatic heterocycles. The Balaban J connectivity index is 1.43. The zero-order chi connectivity index (χ0) is 20.9. The summed E-state index contributed by atoms with van der Waals surface area (Å²) in [6, 6.07) is 8.39. The van der Waals surface area contributed by atoms with Gasteiger partial charge in [0.2, 0.25) is 5.95 Å². The molecule has 30 heavy (non-hydrogen) atoms. The molecule has 8 heteroatoms. The summed E-state index contributed by atoms with van der Waals surface area (Å²) in [6.45, 7) is 6.00. The summed E-state index contributed by atoms with van der Waals surface area (Å²) in [5.74, 6) is 2.49. The first kappa shape index (κ1) is 21.2. The van der Waals surface area contributed by atoms with E-state index in [4.69, 9.17) is 26.1 Å². The molecule has 2 fully saturated rings. The SMILES string of the molecule is COc1cccc(CN2CCCC(N(C)c3ccnc(N4CCOCC4)n3)C2)c1Cl. The van der Waals surface area contributed by atoms with E-state index in [0.717, 1.165) is 81.9 Å². The summed E-state index contributed by atoms with van der Waals surface area (Å²) in [5.41, 5.74) is 1.11. The van der Waals surface area contributed by atoms with Gasteiger partial charge in [0.15, 0.2) is 0 Å². The van der Waals surface area contributed by atoms with E-state index in [2.05, 4.69) is 32.8 Å². The van der Waals surface area contributed by atoms with Crippen LogP contribution in [0.2, 0.25) is 5.02 Å². The zero-order valence-electron chi connectivity index (χ0n) is 17.8. The number of halogens is 1. The third kappa shape index (κ3) is 4.79. The second-order valence-electron chi connectivity index (χ2n) is 7.89. The highest BCUT2D eigenvalue weighted by Crippen LogP contribution is 2.30. The predicted molar refractivity (Wildman–Crippen MR) is 120 cm³/mol. The molecular formula is C22H30ClN5O2. The molecule has 3 heterocycles. The maximum absolute atomic E-state index is 6.52. The van der Waals surface area contributed by atoms with Gasteiger partial charge in [-0.3, -0.25) is 4.90 Å². The molecule has 1 aromatic heterocycles. The number of ether oxygens (including phenoxy) is 2. The largest absolute Gasteiger partial charge is 0.495 e. The molecule has 162 valence electrons. The van der Waals surface area contributed by atoms with Crippen molar-refractivity contribution in [2.24, 2.45) is 0 Å². The Bertz CT molecular complexity index is 846. The van der Waals surface area contributed by atoms with Crippen molar-refractivity contribution in [3.05, 3.63) is 41.0 Å². The van der Waals surface area contributed by atoms with Crippen LogP contribution in [0.5, 0.6) is 5.75 Å². The fourth-order valence-electron chi connectivity index (χ4n) is 4.21. The van der Waals surface area contributed by atoms with Crippen LogP contribution in [0.15, 0.2) is 30.5 Å². The molecule has 0 saturated carbocycles. The third-order valence-electron chi connectivity index (χ3n) is 5.97. The highest BCUT2D eigenvalue weighted by molar-refractivity contribution is 6.32. The van der Waals surface area contributed by atoms with E-state index in [-0.39, 0.29) is 0 Å². The van der Waals surface area contributed by atoms with Gasteiger partial charge in [-0.1, -0.05) is 23.7 Å². The number of anilines is 2. The minimum absolute atomic E-state index is 0.399. The first-order valence-electron chi connectivity index (χ1n) is 10.6. The molecule has 0 radical (unpaired) electrons. The van der Waals surface area contributed by atoms with Gasteiger partial charge in [-0.05, 0) is 37.1 Å². The van der Waals surface area contributed by atoms with Crippen molar-refractivity contribution in [1.29, 1.82) is 0 Å². The van der Waals surface area contributed by atoms with Crippen LogP contribution in [0.25, 0.3) is 0 Å². The Labute approximate surface area is 183 Å². The number of methoxy groups -OCH3 is 1. The fourth-order valence-corrected chi connectivity index (χ4v) is 4.47. The molecule has 2 aliphatic rings. The van der Waals surface area contributed by atoms with Gasteiger partial charge in [0.05, 0.1) is 25.3 Å². The molecule has 1 unspecified atom stereocenters. The quantitative estimate of drug-likeness (QED) is 0.696. The van der Waals surface area contributed by atoms with E-state index in [0.29, 0.717) is 11.1 Å². The molecular weight excluding hydrogens is 402 g/mol. The van der Waals surface area contributed by atoms with Gasteiger partial charge in [0.1, 0.15) is 11.6 Å². The summed E-state index contributed by atoms with van der Waals surface area (Å²) in [4.78, 5) is 16.3. The molecule has 2 aromatic rings. The lowest BCUT2D eigenvalue weighted by Gasteiger charge is -2.38. The number of likely N-dealkylation sites (N-methyl/N-ethyl adjacent to an activating group) is 1. The third-order valence-corrected chi connectivity index (χ3v) is 6.40. The molecule has 4 rings (SSSR count). The smallest absolute Gasteiger partial charge is 0.227 e. The van der Waals surface area contributed by atoms with Gasteiger partial charge in [0.25, 0.3) is 0 Å². The van der Waals surface area contributed by atoms with Gasteiger partial charge >= 0.3 is 0 Å². The predicted octanol–water partition coefficient (Wildman–Crippen LogP) is 3.08. The second kappa shape index (κ2) is 9.81. The minimum Gasteiger partial charge on any atom is -0.495 e. The first-order valence-corrected chi connectivity index (χ1v) is 11.0. The second-order valence-corrected chi connectivity index (χ2v) is 8.27. The fraction of sp³-hybridized carbons (Fsp3) is 0.545. The normalized spacial score (nSPS) is 20.2. The minimum atomic E-state index is 0.399. The number of hydrogen-bond acceptors (Lipinski definition) is 7. The summed E-state index contributed by atoms with van der Waals surface area (Å²) in [7, 11) is 3.79. The highest BCUT2D eigenvalue weighted by Gasteiger charge is 2.25. The number of likely N-dealkylation sites (tertiary alicyclic amines) is 1. The van der Waals surface area contributed by atoms with E-state index in [1.807, 2.05) is 24.4 Å². The maximum Gasteiger partial charge on any atom is 0.227 e. The maximum atomic E-state index is 6.52. The Morgan fingerprint density at radius 3 is 2.87 bits per heavy atom. The average Bonchev–Trinajstić information content (AvgIpc) is 2.81. The zero-order valence-corrected chi connectivity index (χ0v) is 18.5. The van der Waals surface area contributed by atoms with Crippen molar-refractivity contribution in [3.8, 4) is 5.75 Å². The molecule has 0 bridgehead atoms. The van der Waals surface area contributed by atoms with Gasteiger partial charge < -0.3 is 19.3 Å². The van der Waals surface area contributed by atoms with E-state index in [9.17, 15) is 0 Å². The van der Waals surface area contributed by atoms with E-state index >= 15 is 0 Å². The van der Waals surface area contributed by atoms with Crippen molar-refractivity contribution < 1.29 is 9.47 Å². The number of aromatic nitrogens is 2. The van der Waals surface area contributed by atoms with E-state index in [1.54, 1.807) is 7.11 Å². The van der Waals surface area contributed by atoms with Crippen molar-refractivity contribution in [1.82, 2.24) is 14.9 Å². The molecule has 2 saturated heterocycles. The van der Waals surface area contributed by atoms with E-state index < -0.39 is 0 Å². The molecule has 0 N–H and O–H groups in total. The lowest BCUT2D eigenvalue weighted by molar-refractivity contribution is 0.122. The number of morpholine rings is 1. The first-order chi connectivity index (χ1) is 14.7. The van der Waals surface area contributed by atoms with Gasteiger partial charge in [0, 0.05) is 45.5 Å². The molecule has 0 spiro atoms. The Hall–Kier alpha value is -2.09. The number of piperidine rings is 1. The average molecular weight is 432 g/mol. The van der Waals surface area contributed by atoms with Crippen molar-refractivity contribution in [2.75, 3.05) is 63.4 Å². The van der Waals surface area contributed by atoms with Crippen LogP contribution in [0.1, 0.15) is 18.4 Å². The van der Waals surface area contributed by atoms with Crippen LogP contribution in [0.4, 0.5) is 11.8 Å². The van der Waals surface area contributed by atoms with Crippen LogP contribution in [0.3, 0.4) is 0 Å². The number of rotatable bonds is 6. The van der Waals surface area contributed by atoms with Crippen LogP contribution < -0.4 is 14.5 Å². The molecule has 0 aliphatic carbocycles. The van der Waals surface area contributed by atoms with Crippen LogP contribution in [-0.4, -0.2) is 74.5 Å². The molecule has 1 aromatic carbocycles. The van der Waals surface area contributed by atoms with Gasteiger partial charge in [-0.2, -0.15) is 4.98 Å². The monoisotopic (exact) mass is 431 g/mol. The summed E-state index contributed by atoms with van der Waals surface area (Å²) in [5, 5.41) is 0.710. The summed E-state index contributed by atoms with van der Waals surface area (Å²) >= 11 is 6.52. The van der Waals surface area contributed by atoms with Gasteiger partial charge in [-0.25, -0.2) is 4.98 Å². The van der Waals surface area contributed by atoms with Crippen LogP contribution >= 0.6 is 11.6 Å². The van der Waals surface area contributed by atoms with Crippen molar-refractivity contribution in [3.63, 3.8) is 0 Å². The lowest BCUT2D eigenvalue weighted by Crippen LogP contribution is -2.46. The molecule has 0 amide bonds. The standard InChI is InChI=1S/C22H30ClN5O2/c1-26(20-8-9-24-22(25-20)28-11-13-30-14-12-28)18-6-4-10-27(16-18)15-17-5-3-7-19(29-2)21(17)23/h3,5,7-9,18H,4,6,10-16H2,1-2H3. The number of nitrogens with zero attached hydrogens (tertiary/aromatic N) is 5. The highest BCUT2D eigenvalue weighted by atomic mass is 35.5. The van der Waals surface area contributed by atoms with Crippen LogP contribution in [-0.2, 0) is 11.3 Å².